The number of aromatic nitrogens is 1. The van der Waals surface area contributed by atoms with Crippen LogP contribution in [0.4, 0.5) is 5.69 Å². The summed E-state index contributed by atoms with van der Waals surface area (Å²) in [7, 11) is 0. The summed E-state index contributed by atoms with van der Waals surface area (Å²) in [5.74, 6) is -0.509. The lowest BCUT2D eigenvalue weighted by atomic mass is 10.1. The Morgan fingerprint density at radius 2 is 2.10 bits per heavy atom. The highest BCUT2D eigenvalue weighted by Gasteiger charge is 2.12. The molecule has 2 heterocycles. The van der Waals surface area contributed by atoms with Gasteiger partial charge in [-0.25, -0.2) is 0 Å². The normalized spacial score (nSPS) is 10.5. The number of nitrogens with one attached hydrogen (secondary N) is 1. The Labute approximate surface area is 120 Å². The molecule has 0 aliphatic heterocycles. The highest BCUT2D eigenvalue weighted by Crippen LogP contribution is 2.15. The second-order valence-electron chi connectivity index (χ2n) is 4.67. The predicted molar refractivity (Wildman–Crippen MR) is 79.4 cm³/mol. The number of carbonyl (C=O) groups excluding carboxylic acids is 1. The first-order valence-electron chi connectivity index (χ1n) is 6.39. The van der Waals surface area contributed by atoms with Crippen LogP contribution in [-0.4, -0.2) is 10.9 Å². The molecule has 2 aromatic heterocycles. The van der Waals surface area contributed by atoms with Crippen LogP contribution in [0.3, 0.4) is 0 Å². The van der Waals surface area contributed by atoms with E-state index >= 15 is 0 Å². The van der Waals surface area contributed by atoms with Crippen molar-refractivity contribution >= 4 is 22.6 Å². The first-order valence-corrected chi connectivity index (χ1v) is 6.39. The van der Waals surface area contributed by atoms with Crippen molar-refractivity contribution in [2.24, 2.45) is 0 Å². The number of pyridine rings is 1. The standard InChI is InChI=1S/C16H12N2O3/c1-10-4-5-12-13(19)8-15(21-14(12)7-10)16(20)18-11-3-2-6-17-9-11/h2-9H,1H3,(H,18,20). The van der Waals surface area contributed by atoms with Crippen molar-refractivity contribution in [1.82, 2.24) is 4.98 Å². The van der Waals surface area contributed by atoms with Gasteiger partial charge in [0.15, 0.2) is 11.2 Å². The van der Waals surface area contributed by atoms with E-state index in [9.17, 15) is 9.59 Å². The van der Waals surface area contributed by atoms with Crippen molar-refractivity contribution in [1.29, 1.82) is 0 Å². The molecular weight excluding hydrogens is 268 g/mol. The molecule has 0 saturated carbocycles. The number of nitrogens with zero attached hydrogens (tertiary/aromatic N) is 1. The number of carbonyl (C=O) groups is 1. The third-order valence-electron chi connectivity index (χ3n) is 3.03. The van der Waals surface area contributed by atoms with Gasteiger partial charge >= 0.3 is 0 Å². The van der Waals surface area contributed by atoms with Crippen molar-refractivity contribution in [3.05, 3.63) is 70.3 Å². The van der Waals surface area contributed by atoms with Crippen molar-refractivity contribution in [3.63, 3.8) is 0 Å². The van der Waals surface area contributed by atoms with Crippen LogP contribution in [0, 0.1) is 6.92 Å². The summed E-state index contributed by atoms with van der Waals surface area (Å²) in [5, 5.41) is 3.09. The quantitative estimate of drug-likeness (QED) is 0.783. The number of amides is 1. The Kier molecular flexibility index (Phi) is 3.23. The van der Waals surface area contributed by atoms with Gasteiger partial charge in [0.2, 0.25) is 0 Å². The van der Waals surface area contributed by atoms with Gasteiger partial charge in [-0.1, -0.05) is 6.07 Å². The van der Waals surface area contributed by atoms with E-state index in [0.29, 0.717) is 16.7 Å². The molecule has 0 saturated heterocycles. The fourth-order valence-electron chi connectivity index (χ4n) is 2.00. The number of aryl methyl sites for hydroxylation is 1. The van der Waals surface area contributed by atoms with Crippen LogP contribution in [0.1, 0.15) is 16.1 Å². The van der Waals surface area contributed by atoms with Crippen molar-refractivity contribution < 1.29 is 9.21 Å². The molecule has 0 bridgehead atoms. The second kappa shape index (κ2) is 5.20. The molecule has 0 aliphatic rings. The van der Waals surface area contributed by atoms with E-state index < -0.39 is 5.91 Å². The van der Waals surface area contributed by atoms with E-state index in [0.717, 1.165) is 5.56 Å². The zero-order chi connectivity index (χ0) is 14.8. The van der Waals surface area contributed by atoms with Gasteiger partial charge in [0.05, 0.1) is 17.3 Å². The molecular formula is C16H12N2O3. The molecule has 0 radical (unpaired) electrons. The van der Waals surface area contributed by atoms with Crippen LogP contribution in [-0.2, 0) is 0 Å². The SMILES string of the molecule is Cc1ccc2c(=O)cc(C(=O)Nc3cccnc3)oc2c1. The van der Waals surface area contributed by atoms with E-state index in [1.807, 2.05) is 13.0 Å². The van der Waals surface area contributed by atoms with Crippen LogP contribution in [0.15, 0.2) is 58.0 Å². The summed E-state index contributed by atoms with van der Waals surface area (Å²) in [6.07, 6.45) is 3.12. The van der Waals surface area contributed by atoms with E-state index in [1.165, 1.54) is 12.3 Å². The van der Waals surface area contributed by atoms with Crippen molar-refractivity contribution in [3.8, 4) is 0 Å². The largest absolute Gasteiger partial charge is 0.451 e. The molecule has 5 nitrogen and oxygen atoms in total. The highest BCUT2D eigenvalue weighted by atomic mass is 16.3. The lowest BCUT2D eigenvalue weighted by Crippen LogP contribution is -2.15. The number of fused-ring (bicyclic) bond motifs is 1. The molecule has 1 N–H and O–H groups in total. The molecule has 1 aromatic carbocycles. The maximum atomic E-state index is 12.1. The first-order chi connectivity index (χ1) is 10.1. The van der Waals surface area contributed by atoms with E-state index in [1.54, 1.807) is 30.5 Å². The zero-order valence-corrected chi connectivity index (χ0v) is 11.3. The number of anilines is 1. The maximum Gasteiger partial charge on any atom is 0.291 e. The molecule has 1 amide bonds. The maximum absolute atomic E-state index is 12.1. The Hall–Kier alpha value is -2.95. The lowest BCUT2D eigenvalue weighted by molar-refractivity contribution is 0.0997. The highest BCUT2D eigenvalue weighted by molar-refractivity contribution is 6.02. The summed E-state index contributed by atoms with van der Waals surface area (Å²) in [5.41, 5.74) is 1.65. The second-order valence-corrected chi connectivity index (χ2v) is 4.67. The van der Waals surface area contributed by atoms with Gasteiger partial charge in [-0.05, 0) is 36.8 Å². The van der Waals surface area contributed by atoms with E-state index in [2.05, 4.69) is 10.3 Å². The summed E-state index contributed by atoms with van der Waals surface area (Å²) >= 11 is 0. The summed E-state index contributed by atoms with van der Waals surface area (Å²) in [4.78, 5) is 28.0. The lowest BCUT2D eigenvalue weighted by Gasteiger charge is -2.05. The van der Waals surface area contributed by atoms with Gasteiger partial charge in [0.1, 0.15) is 5.58 Å². The van der Waals surface area contributed by atoms with Gasteiger partial charge in [0, 0.05) is 12.3 Å². The third-order valence-corrected chi connectivity index (χ3v) is 3.03. The minimum Gasteiger partial charge on any atom is -0.451 e. The van der Waals surface area contributed by atoms with Crippen LogP contribution in [0.5, 0.6) is 0 Å². The zero-order valence-electron chi connectivity index (χ0n) is 11.3. The Bertz CT molecular complexity index is 870. The van der Waals surface area contributed by atoms with Gasteiger partial charge in [-0.2, -0.15) is 0 Å². The van der Waals surface area contributed by atoms with Crippen LogP contribution in [0.2, 0.25) is 0 Å². The van der Waals surface area contributed by atoms with E-state index in [-0.39, 0.29) is 11.2 Å². The van der Waals surface area contributed by atoms with Gasteiger partial charge in [0.25, 0.3) is 5.91 Å². The molecule has 3 rings (SSSR count). The molecule has 5 heteroatoms. The van der Waals surface area contributed by atoms with E-state index in [4.69, 9.17) is 4.42 Å². The topological polar surface area (TPSA) is 72.2 Å². The fraction of sp³-hybridized carbons (Fsp3) is 0.0625. The minimum absolute atomic E-state index is 0.0260. The Balaban J connectivity index is 2.00. The van der Waals surface area contributed by atoms with Crippen molar-refractivity contribution in [2.75, 3.05) is 5.32 Å². The number of hydrogen-bond acceptors (Lipinski definition) is 4. The summed E-state index contributed by atoms with van der Waals surface area (Å²) in [6, 6.07) is 9.86. The molecule has 3 aromatic rings. The summed E-state index contributed by atoms with van der Waals surface area (Å²) in [6.45, 7) is 1.89. The number of benzene rings is 1. The number of hydrogen-bond donors (Lipinski definition) is 1. The van der Waals surface area contributed by atoms with Gasteiger partial charge in [-0.3, -0.25) is 14.6 Å². The molecule has 104 valence electrons. The van der Waals surface area contributed by atoms with Gasteiger partial charge in [-0.15, -0.1) is 0 Å². The van der Waals surface area contributed by atoms with Crippen LogP contribution in [0.25, 0.3) is 11.0 Å². The monoisotopic (exact) mass is 280 g/mol. The average molecular weight is 280 g/mol. The molecule has 0 atom stereocenters. The molecule has 0 aliphatic carbocycles. The Morgan fingerprint density at radius 1 is 1.24 bits per heavy atom. The molecule has 0 fully saturated rings. The minimum atomic E-state index is -0.483. The smallest absolute Gasteiger partial charge is 0.291 e. The first kappa shape index (κ1) is 13.1. The molecule has 0 unspecified atom stereocenters. The summed E-state index contributed by atoms with van der Waals surface area (Å²) < 4.78 is 5.52. The van der Waals surface area contributed by atoms with Crippen LogP contribution >= 0.6 is 0 Å². The van der Waals surface area contributed by atoms with Crippen LogP contribution < -0.4 is 10.7 Å². The molecule has 21 heavy (non-hydrogen) atoms. The fourth-order valence-corrected chi connectivity index (χ4v) is 2.00. The average Bonchev–Trinajstić information content (AvgIpc) is 2.47. The van der Waals surface area contributed by atoms with Crippen molar-refractivity contribution in [2.45, 2.75) is 6.92 Å². The third kappa shape index (κ3) is 2.67. The van der Waals surface area contributed by atoms with Gasteiger partial charge < -0.3 is 9.73 Å². The Morgan fingerprint density at radius 3 is 2.86 bits per heavy atom. The number of rotatable bonds is 2. The predicted octanol–water partition coefficient (Wildman–Crippen LogP) is 2.75. The molecule has 0 spiro atoms.